The first kappa shape index (κ1) is 16.4. The Kier molecular flexibility index (Phi) is 4.00. The molecule has 124 valence electrons. The smallest absolute Gasteiger partial charge is 0.255 e. The number of hydrogen-bond acceptors (Lipinski definition) is 3. The first-order valence-corrected chi connectivity index (χ1v) is 8.44. The molecule has 2 aromatic rings. The van der Waals surface area contributed by atoms with Gasteiger partial charge in [-0.15, -0.1) is 10.6 Å². The molecule has 0 fully saturated rings. The molecule has 0 aliphatic carbocycles. The Labute approximate surface area is 138 Å². The lowest BCUT2D eigenvalue weighted by Crippen LogP contribution is -2.13. The Bertz CT molecular complexity index is 873. The van der Waals surface area contributed by atoms with Gasteiger partial charge in [-0.3, -0.25) is 13.9 Å². The van der Waals surface area contributed by atoms with Gasteiger partial charge < -0.3 is 5.32 Å². The van der Waals surface area contributed by atoms with Crippen molar-refractivity contribution in [2.24, 2.45) is 0 Å². The second-order valence-electron chi connectivity index (χ2n) is 5.24. The van der Waals surface area contributed by atoms with E-state index >= 15 is 0 Å². The van der Waals surface area contributed by atoms with Crippen LogP contribution in [-0.4, -0.2) is 15.0 Å². The number of amides is 1. The summed E-state index contributed by atoms with van der Waals surface area (Å²) in [7, 11) is -3.00. The fourth-order valence-electron chi connectivity index (χ4n) is 2.32. The van der Waals surface area contributed by atoms with Crippen molar-refractivity contribution < 1.29 is 22.7 Å². The van der Waals surface area contributed by atoms with E-state index in [1.165, 1.54) is 11.5 Å². The minimum atomic E-state index is -3.00. The van der Waals surface area contributed by atoms with Gasteiger partial charge in [-0.1, -0.05) is 12.6 Å². The maximum Gasteiger partial charge on any atom is 0.255 e. The number of nitrogens with one attached hydrogen (secondary N) is 1. The van der Waals surface area contributed by atoms with Gasteiger partial charge in [0, 0.05) is 22.7 Å². The number of fused-ring (bicyclic) bond motifs is 1. The van der Waals surface area contributed by atoms with Gasteiger partial charge in [0.25, 0.3) is 5.91 Å². The average molecular weight is 349 g/mol. The summed E-state index contributed by atoms with van der Waals surface area (Å²) in [4.78, 5) is 12.5. The summed E-state index contributed by atoms with van der Waals surface area (Å²) in [6.45, 7) is 3.55. The van der Waals surface area contributed by atoms with Crippen molar-refractivity contribution in [2.45, 2.75) is 4.90 Å². The zero-order chi connectivity index (χ0) is 17.5. The monoisotopic (exact) mass is 349 g/mol. The van der Waals surface area contributed by atoms with E-state index in [1.807, 2.05) is 0 Å². The number of hydrogen-bond donors (Lipinski definition) is 3. The van der Waals surface area contributed by atoms with E-state index in [4.69, 9.17) is 0 Å². The van der Waals surface area contributed by atoms with Crippen LogP contribution in [0.2, 0.25) is 0 Å². The van der Waals surface area contributed by atoms with Gasteiger partial charge in [0.2, 0.25) is 0 Å². The summed E-state index contributed by atoms with van der Waals surface area (Å²) in [5.41, 5.74) is 0.884. The van der Waals surface area contributed by atoms with Gasteiger partial charge in [0.05, 0.1) is 4.90 Å². The molecule has 0 aromatic heterocycles. The van der Waals surface area contributed by atoms with Crippen LogP contribution in [0.25, 0.3) is 11.6 Å². The molecular weight excluding hydrogens is 336 g/mol. The molecular formula is C17H13F2NO3S. The molecule has 0 saturated heterocycles. The highest BCUT2D eigenvalue weighted by Crippen LogP contribution is 2.56. The van der Waals surface area contributed by atoms with Crippen molar-refractivity contribution in [1.82, 2.24) is 0 Å². The first-order chi connectivity index (χ1) is 11.3. The lowest BCUT2D eigenvalue weighted by Gasteiger charge is -2.25. The van der Waals surface area contributed by atoms with Crippen molar-refractivity contribution >= 4 is 33.8 Å². The van der Waals surface area contributed by atoms with Crippen molar-refractivity contribution in [1.29, 1.82) is 0 Å². The second kappa shape index (κ2) is 5.86. The average Bonchev–Trinajstić information content (AvgIpc) is 2.81. The zero-order valence-corrected chi connectivity index (χ0v) is 13.1. The van der Waals surface area contributed by atoms with Gasteiger partial charge in [0.15, 0.2) is 0 Å². The van der Waals surface area contributed by atoms with Crippen LogP contribution in [0.4, 0.5) is 14.5 Å². The predicted octanol–water partition coefficient (Wildman–Crippen LogP) is 4.71. The zero-order valence-electron chi connectivity index (χ0n) is 12.3. The van der Waals surface area contributed by atoms with E-state index < -0.39 is 28.1 Å². The molecule has 2 aromatic carbocycles. The van der Waals surface area contributed by atoms with Crippen LogP contribution >= 0.6 is 10.6 Å². The number of anilines is 1. The van der Waals surface area contributed by atoms with Gasteiger partial charge in [-0.2, -0.15) is 0 Å². The molecule has 0 unspecified atom stereocenters. The third kappa shape index (κ3) is 3.09. The Morgan fingerprint density at radius 2 is 1.75 bits per heavy atom. The molecule has 7 heteroatoms. The Morgan fingerprint density at radius 3 is 2.42 bits per heavy atom. The normalized spacial score (nSPS) is 15.7. The molecule has 3 rings (SSSR count). The van der Waals surface area contributed by atoms with Crippen molar-refractivity contribution in [3.05, 3.63) is 71.1 Å². The van der Waals surface area contributed by atoms with Gasteiger partial charge in [0.1, 0.15) is 11.6 Å². The highest BCUT2D eigenvalue weighted by Gasteiger charge is 2.22. The summed E-state index contributed by atoms with van der Waals surface area (Å²) < 4.78 is 46.3. The van der Waals surface area contributed by atoms with Gasteiger partial charge in [-0.05, 0) is 41.5 Å². The van der Waals surface area contributed by atoms with Gasteiger partial charge >= 0.3 is 0 Å². The summed E-state index contributed by atoms with van der Waals surface area (Å²) in [6, 6.07) is 7.38. The van der Waals surface area contributed by atoms with E-state index in [1.54, 1.807) is 18.2 Å². The Hall–Kier alpha value is -2.48. The molecule has 1 aliphatic heterocycles. The summed E-state index contributed by atoms with van der Waals surface area (Å²) in [5, 5.41) is 3.83. The maximum atomic E-state index is 13.2. The molecule has 1 aliphatic rings. The predicted molar refractivity (Wildman–Crippen MR) is 90.6 cm³/mol. The van der Waals surface area contributed by atoms with Crippen LogP contribution in [-0.2, 0) is 4.79 Å². The highest BCUT2D eigenvalue weighted by molar-refractivity contribution is 8.27. The van der Waals surface area contributed by atoms with Crippen LogP contribution < -0.4 is 5.32 Å². The van der Waals surface area contributed by atoms with Crippen LogP contribution in [0.15, 0.2) is 53.3 Å². The highest BCUT2D eigenvalue weighted by atomic mass is 32.3. The van der Waals surface area contributed by atoms with Crippen LogP contribution in [0.5, 0.6) is 0 Å². The molecule has 3 N–H and O–H groups in total. The van der Waals surface area contributed by atoms with E-state index in [0.29, 0.717) is 22.2 Å². The van der Waals surface area contributed by atoms with E-state index in [2.05, 4.69) is 11.9 Å². The Morgan fingerprint density at radius 1 is 1.08 bits per heavy atom. The third-order valence-corrected chi connectivity index (χ3v) is 5.03. The molecule has 0 spiro atoms. The molecule has 0 radical (unpaired) electrons. The summed E-state index contributed by atoms with van der Waals surface area (Å²) in [6.07, 6.45) is 1.59. The molecule has 0 bridgehead atoms. The minimum Gasteiger partial charge on any atom is -0.322 e. The van der Waals surface area contributed by atoms with Crippen molar-refractivity contribution in [2.75, 3.05) is 5.32 Å². The lowest BCUT2D eigenvalue weighted by molar-refractivity contribution is -0.111. The van der Waals surface area contributed by atoms with Gasteiger partial charge in [-0.25, -0.2) is 8.78 Å². The number of benzene rings is 2. The van der Waals surface area contributed by atoms with Crippen molar-refractivity contribution in [3.63, 3.8) is 0 Å². The number of rotatable bonds is 3. The van der Waals surface area contributed by atoms with Crippen molar-refractivity contribution in [3.8, 4) is 0 Å². The first-order valence-electron chi connectivity index (χ1n) is 6.83. The fraction of sp³-hybridized carbons (Fsp3) is 0. The fourth-order valence-corrected chi connectivity index (χ4v) is 3.58. The molecule has 0 saturated carbocycles. The van der Waals surface area contributed by atoms with E-state index in [9.17, 15) is 22.7 Å². The topological polar surface area (TPSA) is 69.6 Å². The summed E-state index contributed by atoms with van der Waals surface area (Å²) in [5.74, 6) is -2.27. The number of halogens is 2. The molecule has 1 amide bonds. The Balaban J connectivity index is 1.82. The lowest BCUT2D eigenvalue weighted by atomic mass is 10.1. The van der Waals surface area contributed by atoms with Crippen LogP contribution in [0.3, 0.4) is 0 Å². The number of carbonyl (C=O) groups excluding carboxylic acids is 1. The van der Waals surface area contributed by atoms with Crippen LogP contribution in [0, 0.1) is 11.6 Å². The minimum absolute atomic E-state index is 0.0251. The second-order valence-corrected chi connectivity index (χ2v) is 7.14. The maximum absolute atomic E-state index is 13.2. The SMILES string of the molecule is C=C(C(=O)Nc1ccc2c(c1)S(O)(O)C=C2)c1cc(F)cc(F)c1. The third-order valence-electron chi connectivity index (χ3n) is 3.52. The quantitative estimate of drug-likeness (QED) is 0.703. The van der Waals surface area contributed by atoms with E-state index in [0.717, 1.165) is 12.1 Å². The molecule has 24 heavy (non-hydrogen) atoms. The largest absolute Gasteiger partial charge is 0.322 e. The standard InChI is InChI=1S/C17H13F2NO3S/c1-10(12-6-13(18)8-14(19)7-12)17(21)20-15-3-2-11-4-5-24(22,23)16(11)9-15/h2-9,22-23H,1H2,(H,20,21). The summed E-state index contributed by atoms with van der Waals surface area (Å²) >= 11 is 0. The molecule has 4 nitrogen and oxygen atoms in total. The molecule has 1 heterocycles. The molecule has 0 atom stereocenters. The number of carbonyl (C=O) groups is 1. The van der Waals surface area contributed by atoms with Crippen LogP contribution in [0.1, 0.15) is 11.1 Å². The van der Waals surface area contributed by atoms with E-state index in [-0.39, 0.29) is 11.1 Å².